The molecular weight excluding hydrogens is 342 g/mol. The third-order valence-corrected chi connectivity index (χ3v) is 5.13. The summed E-state index contributed by atoms with van der Waals surface area (Å²) in [5, 5.41) is 42.8. The van der Waals surface area contributed by atoms with E-state index in [-0.39, 0.29) is 6.04 Å². The van der Waals surface area contributed by atoms with Gasteiger partial charge in [-0.05, 0) is 26.2 Å². The number of aryl methyl sites for hydroxylation is 1. The van der Waals surface area contributed by atoms with E-state index in [1.807, 2.05) is 0 Å². The quantitative estimate of drug-likeness (QED) is 0.464. The van der Waals surface area contributed by atoms with Gasteiger partial charge in [-0.1, -0.05) is 0 Å². The molecule has 5 N–H and O–H groups in total. The fourth-order valence-corrected chi connectivity index (χ4v) is 3.71. The topological polar surface area (TPSA) is 146 Å². The van der Waals surface area contributed by atoms with Crippen molar-refractivity contribution in [2.75, 3.05) is 11.9 Å². The van der Waals surface area contributed by atoms with Gasteiger partial charge in [0.05, 0.1) is 25.1 Å². The molecule has 4 unspecified atom stereocenters. The summed E-state index contributed by atoms with van der Waals surface area (Å²) in [5.41, 5.74) is 0.940. The Kier molecular flexibility index (Phi) is 4.53. The fourth-order valence-electron chi connectivity index (χ4n) is 3.71. The van der Waals surface area contributed by atoms with Gasteiger partial charge in [-0.2, -0.15) is 0 Å². The molecule has 142 valence electrons. The van der Waals surface area contributed by atoms with E-state index < -0.39 is 37.3 Å². The maximum atomic E-state index is 10.3. The van der Waals surface area contributed by atoms with Gasteiger partial charge in [0, 0.05) is 0 Å². The van der Waals surface area contributed by atoms with Crippen molar-refractivity contribution in [1.29, 1.82) is 0 Å². The zero-order valence-corrected chi connectivity index (χ0v) is 14.4. The molecule has 2 aliphatic rings. The maximum absolute atomic E-state index is 10.3. The van der Waals surface area contributed by atoms with Crippen LogP contribution < -0.4 is 5.32 Å². The highest BCUT2D eigenvalue weighted by atomic mass is 16.6. The number of aromatic nitrogens is 4. The first-order chi connectivity index (χ1) is 12.5. The average molecular weight is 365 g/mol. The van der Waals surface area contributed by atoms with Crippen molar-refractivity contribution >= 4 is 17.0 Å². The predicted octanol–water partition coefficient (Wildman–Crippen LogP) is -0.928. The number of nitrogens with zero attached hydrogens (tertiary/aromatic N) is 4. The Morgan fingerprint density at radius 2 is 2.04 bits per heavy atom. The molecule has 3 heterocycles. The largest absolute Gasteiger partial charge is 0.394 e. The van der Waals surface area contributed by atoms with Gasteiger partial charge in [0.15, 0.2) is 23.2 Å². The molecule has 1 aliphatic carbocycles. The van der Waals surface area contributed by atoms with Crippen molar-refractivity contribution in [2.45, 2.75) is 62.9 Å². The minimum atomic E-state index is -1.21. The molecule has 2 aromatic heterocycles. The van der Waals surface area contributed by atoms with Crippen LogP contribution in [-0.4, -0.2) is 77.0 Å². The van der Waals surface area contributed by atoms with Gasteiger partial charge in [-0.25, -0.2) is 15.0 Å². The highest BCUT2D eigenvalue weighted by Crippen LogP contribution is 2.33. The van der Waals surface area contributed by atoms with E-state index in [1.165, 1.54) is 10.9 Å². The molecule has 0 bridgehead atoms. The number of anilines is 1. The van der Waals surface area contributed by atoms with Gasteiger partial charge >= 0.3 is 0 Å². The highest BCUT2D eigenvalue weighted by Gasteiger charge is 2.44. The summed E-state index contributed by atoms with van der Waals surface area (Å²) in [6.45, 7) is 1.34. The number of rotatable bonds is 4. The van der Waals surface area contributed by atoms with E-state index in [2.05, 4.69) is 20.3 Å². The lowest BCUT2D eigenvalue weighted by molar-refractivity contribution is -0.0511. The molecule has 6 atom stereocenters. The van der Waals surface area contributed by atoms with Gasteiger partial charge in [-0.15, -0.1) is 0 Å². The summed E-state index contributed by atoms with van der Waals surface area (Å²) in [7, 11) is 0. The van der Waals surface area contributed by atoms with Crippen molar-refractivity contribution < 1.29 is 25.2 Å². The summed E-state index contributed by atoms with van der Waals surface area (Å²) >= 11 is 0. The Hall–Kier alpha value is -1.85. The van der Waals surface area contributed by atoms with E-state index in [4.69, 9.17) is 4.74 Å². The highest BCUT2D eigenvalue weighted by molar-refractivity contribution is 5.83. The van der Waals surface area contributed by atoms with E-state index in [1.54, 1.807) is 6.92 Å². The summed E-state index contributed by atoms with van der Waals surface area (Å²) in [6.07, 6.45) is -0.609. The molecule has 10 nitrogen and oxygen atoms in total. The van der Waals surface area contributed by atoms with Crippen LogP contribution in [0, 0.1) is 6.92 Å². The lowest BCUT2D eigenvalue weighted by Gasteiger charge is -2.19. The van der Waals surface area contributed by atoms with Crippen LogP contribution >= 0.6 is 0 Å². The molecule has 0 aromatic carbocycles. The van der Waals surface area contributed by atoms with Crippen molar-refractivity contribution in [2.24, 2.45) is 0 Å². The number of ether oxygens (including phenoxy) is 1. The van der Waals surface area contributed by atoms with Crippen molar-refractivity contribution in [3.05, 3.63) is 12.2 Å². The van der Waals surface area contributed by atoms with Gasteiger partial charge in [0.1, 0.15) is 24.1 Å². The summed E-state index contributed by atoms with van der Waals surface area (Å²) < 4.78 is 7.10. The third-order valence-electron chi connectivity index (χ3n) is 5.13. The van der Waals surface area contributed by atoms with Crippen molar-refractivity contribution in [1.82, 2.24) is 19.5 Å². The van der Waals surface area contributed by atoms with E-state index in [0.29, 0.717) is 22.8 Å². The normalized spacial score (nSPS) is 34.7. The number of hydrogen-bond donors (Lipinski definition) is 5. The first-order valence-electron chi connectivity index (χ1n) is 8.78. The Balaban J connectivity index is 1.70. The molecule has 0 amide bonds. The standard InChI is InChI=1S/C16H23N5O5/c1-7-18-14(20-8-3-2-4-9(8)23)11-15(19-7)21(6-17-11)16-13(25)12(24)10(5-22)26-16/h6,8-10,12-13,16,22-25H,2-5H2,1H3,(H,18,19,20)/t8?,9?,10-,12?,13?,16-/m1/s1. The number of aliphatic hydroxyl groups is 4. The molecule has 2 aromatic rings. The summed E-state index contributed by atoms with van der Waals surface area (Å²) in [4.78, 5) is 13.1. The molecule has 1 aliphatic heterocycles. The van der Waals surface area contributed by atoms with E-state index in [9.17, 15) is 20.4 Å². The Morgan fingerprint density at radius 3 is 2.69 bits per heavy atom. The van der Waals surface area contributed by atoms with E-state index in [0.717, 1.165) is 19.3 Å². The van der Waals surface area contributed by atoms with Gasteiger partial charge in [-0.3, -0.25) is 4.57 Å². The molecule has 4 rings (SSSR count). The van der Waals surface area contributed by atoms with Crippen LogP contribution in [0.15, 0.2) is 6.33 Å². The van der Waals surface area contributed by atoms with Gasteiger partial charge in [0.2, 0.25) is 0 Å². The van der Waals surface area contributed by atoms with Crippen LogP contribution in [0.2, 0.25) is 0 Å². The van der Waals surface area contributed by atoms with Crippen molar-refractivity contribution in [3.8, 4) is 0 Å². The first kappa shape index (κ1) is 17.6. The zero-order valence-electron chi connectivity index (χ0n) is 14.4. The second-order valence-electron chi connectivity index (χ2n) is 6.92. The zero-order chi connectivity index (χ0) is 18.4. The second-order valence-corrected chi connectivity index (χ2v) is 6.92. The molecule has 0 radical (unpaired) electrons. The molecule has 1 saturated carbocycles. The molecule has 26 heavy (non-hydrogen) atoms. The molecule has 2 fully saturated rings. The summed E-state index contributed by atoms with van der Waals surface area (Å²) in [6, 6.07) is -0.0911. The predicted molar refractivity (Wildman–Crippen MR) is 90.3 cm³/mol. The smallest absolute Gasteiger partial charge is 0.167 e. The number of hydrogen-bond acceptors (Lipinski definition) is 9. The molecular formula is C16H23N5O5. The Morgan fingerprint density at radius 1 is 1.23 bits per heavy atom. The number of fused-ring (bicyclic) bond motifs is 1. The monoisotopic (exact) mass is 365 g/mol. The van der Waals surface area contributed by atoms with E-state index >= 15 is 0 Å². The van der Waals surface area contributed by atoms with Gasteiger partial charge in [0.25, 0.3) is 0 Å². The molecule has 0 spiro atoms. The number of nitrogens with one attached hydrogen (secondary N) is 1. The minimum absolute atomic E-state index is 0.0911. The summed E-state index contributed by atoms with van der Waals surface area (Å²) in [5.74, 6) is 1.02. The Labute approximate surface area is 149 Å². The molecule has 10 heteroatoms. The lowest BCUT2D eigenvalue weighted by atomic mass is 10.1. The van der Waals surface area contributed by atoms with Crippen LogP contribution in [0.4, 0.5) is 5.82 Å². The average Bonchev–Trinajstić information content (AvgIpc) is 3.28. The lowest BCUT2D eigenvalue weighted by Crippen LogP contribution is -2.33. The van der Waals surface area contributed by atoms with Crippen molar-refractivity contribution in [3.63, 3.8) is 0 Å². The van der Waals surface area contributed by atoms with Crippen LogP contribution in [0.1, 0.15) is 31.3 Å². The fraction of sp³-hybridized carbons (Fsp3) is 0.688. The van der Waals surface area contributed by atoms with Crippen LogP contribution in [0.25, 0.3) is 11.2 Å². The minimum Gasteiger partial charge on any atom is -0.394 e. The second kappa shape index (κ2) is 6.71. The number of aliphatic hydroxyl groups excluding tert-OH is 4. The Bertz CT molecular complexity index is 799. The van der Waals surface area contributed by atoms with Gasteiger partial charge < -0.3 is 30.5 Å². The molecule has 1 saturated heterocycles. The maximum Gasteiger partial charge on any atom is 0.167 e. The SMILES string of the molecule is Cc1nc(NC2CCCC2O)c2ncn([C@@H]3O[C@H](CO)C(O)C3O)c2n1. The van der Waals surface area contributed by atoms with Crippen LogP contribution in [0.5, 0.6) is 0 Å². The number of imidazole rings is 1. The third kappa shape index (κ3) is 2.83. The van der Waals surface area contributed by atoms with Crippen LogP contribution in [-0.2, 0) is 4.74 Å². The first-order valence-corrected chi connectivity index (χ1v) is 8.78. The van der Waals surface area contributed by atoms with Crippen LogP contribution in [0.3, 0.4) is 0 Å².